The van der Waals surface area contributed by atoms with Gasteiger partial charge < -0.3 is 15.0 Å². The number of fused-ring (bicyclic) bond motifs is 2. The third-order valence-corrected chi connectivity index (χ3v) is 6.49. The summed E-state index contributed by atoms with van der Waals surface area (Å²) in [5.41, 5.74) is 6.23. The van der Waals surface area contributed by atoms with E-state index < -0.39 is 0 Å². The molecule has 29 heavy (non-hydrogen) atoms. The molecule has 1 atom stereocenters. The van der Waals surface area contributed by atoms with Crippen molar-refractivity contribution in [2.24, 2.45) is 5.41 Å². The summed E-state index contributed by atoms with van der Waals surface area (Å²) < 4.78 is 6.66. The van der Waals surface area contributed by atoms with Crippen molar-refractivity contribution in [2.75, 3.05) is 31.4 Å². The van der Waals surface area contributed by atoms with Gasteiger partial charge in [0.1, 0.15) is 5.75 Å². The molecule has 1 aliphatic carbocycles. The summed E-state index contributed by atoms with van der Waals surface area (Å²) in [7, 11) is 5.73. The summed E-state index contributed by atoms with van der Waals surface area (Å²) in [6, 6.07) is 12.2. The van der Waals surface area contributed by atoms with Gasteiger partial charge in [0, 0.05) is 36.1 Å². The van der Waals surface area contributed by atoms with Crippen LogP contribution in [0.3, 0.4) is 0 Å². The fourth-order valence-electron chi connectivity index (χ4n) is 4.54. The lowest BCUT2D eigenvalue weighted by molar-refractivity contribution is -0.118. The van der Waals surface area contributed by atoms with Gasteiger partial charge in [-0.25, -0.2) is 0 Å². The molecule has 0 spiro atoms. The number of hydrogen-bond acceptors (Lipinski definition) is 4. The zero-order chi connectivity index (χ0) is 20.9. The second kappa shape index (κ2) is 7.21. The van der Waals surface area contributed by atoms with Crippen LogP contribution in [0.1, 0.15) is 43.9 Å². The molecule has 0 amide bonds. The Bertz CT molecular complexity index is 1020. The number of para-hydroxylation sites is 1. The molecule has 0 saturated carbocycles. The van der Waals surface area contributed by atoms with Gasteiger partial charge in [-0.2, -0.15) is 0 Å². The monoisotopic (exact) mass is 454 g/mol. The summed E-state index contributed by atoms with van der Waals surface area (Å²) in [5.74, 6) is 1.04. The van der Waals surface area contributed by atoms with Crippen LogP contribution in [0.25, 0.3) is 5.57 Å². The van der Waals surface area contributed by atoms with Crippen molar-refractivity contribution in [3.63, 3.8) is 0 Å². The zero-order valence-corrected chi connectivity index (χ0v) is 19.2. The number of Topliss-reactive ketones (excluding diaryl/α,β-unsaturated/α-hetero) is 1. The summed E-state index contributed by atoms with van der Waals surface area (Å²) in [6.07, 6.45) is 1.45. The average molecular weight is 455 g/mol. The Morgan fingerprint density at radius 1 is 1.17 bits per heavy atom. The van der Waals surface area contributed by atoms with Crippen LogP contribution in [0.5, 0.6) is 5.75 Å². The Hall–Kier alpha value is -2.27. The highest BCUT2D eigenvalue weighted by Gasteiger charge is 2.41. The van der Waals surface area contributed by atoms with Crippen molar-refractivity contribution >= 4 is 38.7 Å². The molecule has 1 aliphatic heterocycles. The highest BCUT2D eigenvalue weighted by Crippen LogP contribution is 2.52. The Morgan fingerprint density at radius 2 is 1.93 bits per heavy atom. The van der Waals surface area contributed by atoms with Crippen LogP contribution in [0, 0.1) is 5.41 Å². The van der Waals surface area contributed by atoms with Crippen molar-refractivity contribution in [2.45, 2.75) is 32.7 Å². The van der Waals surface area contributed by atoms with Crippen molar-refractivity contribution in [1.29, 1.82) is 0 Å². The summed E-state index contributed by atoms with van der Waals surface area (Å²) >= 11 is 3.70. The Kier molecular flexibility index (Phi) is 4.97. The van der Waals surface area contributed by atoms with Crippen LogP contribution in [0.2, 0.25) is 0 Å². The maximum atomic E-state index is 13.3. The summed E-state index contributed by atoms with van der Waals surface area (Å²) in [6.45, 7) is 4.35. The van der Waals surface area contributed by atoms with Crippen LogP contribution < -0.4 is 15.0 Å². The molecule has 2 aromatic rings. The number of anilines is 2. The minimum Gasteiger partial charge on any atom is -0.495 e. The highest BCUT2D eigenvalue weighted by molar-refractivity contribution is 9.10. The van der Waals surface area contributed by atoms with Crippen molar-refractivity contribution < 1.29 is 9.53 Å². The molecule has 1 N–H and O–H groups in total. The van der Waals surface area contributed by atoms with Gasteiger partial charge in [-0.3, -0.25) is 4.79 Å². The van der Waals surface area contributed by atoms with Crippen molar-refractivity contribution in [3.05, 3.63) is 57.6 Å². The predicted octanol–water partition coefficient (Wildman–Crippen LogP) is 5.83. The number of methoxy groups -OCH3 is 1. The molecule has 1 heterocycles. The first-order valence-electron chi connectivity index (χ1n) is 9.89. The fraction of sp³-hybridized carbons (Fsp3) is 0.375. The predicted molar refractivity (Wildman–Crippen MR) is 123 cm³/mol. The normalized spacial score (nSPS) is 19.9. The van der Waals surface area contributed by atoms with E-state index in [0.29, 0.717) is 6.42 Å². The van der Waals surface area contributed by atoms with E-state index in [1.54, 1.807) is 7.11 Å². The minimum absolute atomic E-state index is 0.0481. The van der Waals surface area contributed by atoms with Crippen LogP contribution in [0.15, 0.2) is 46.4 Å². The number of allylic oxidation sites excluding steroid dienone is 1. The van der Waals surface area contributed by atoms with Gasteiger partial charge in [0.05, 0.1) is 24.5 Å². The van der Waals surface area contributed by atoms with Gasteiger partial charge >= 0.3 is 0 Å². The van der Waals surface area contributed by atoms with Gasteiger partial charge in [-0.15, -0.1) is 0 Å². The maximum Gasteiger partial charge on any atom is 0.162 e. The van der Waals surface area contributed by atoms with E-state index in [1.807, 2.05) is 26.2 Å². The van der Waals surface area contributed by atoms with E-state index in [1.165, 1.54) is 0 Å². The number of hydrogen-bond donors (Lipinski definition) is 1. The second-order valence-corrected chi connectivity index (χ2v) is 9.75. The van der Waals surface area contributed by atoms with Gasteiger partial charge in [0.2, 0.25) is 0 Å². The average Bonchev–Trinajstić information content (AvgIpc) is 2.65. The number of nitrogens with zero attached hydrogens (tertiary/aromatic N) is 1. The molecular weight excluding hydrogens is 428 g/mol. The molecular formula is C24H27BrN2O2. The number of rotatable bonds is 3. The van der Waals surface area contributed by atoms with E-state index in [9.17, 15) is 4.79 Å². The quantitative estimate of drug-likeness (QED) is 0.632. The molecule has 2 aliphatic rings. The summed E-state index contributed by atoms with van der Waals surface area (Å²) in [5, 5.41) is 3.63. The third-order valence-electron chi connectivity index (χ3n) is 5.86. The first-order chi connectivity index (χ1) is 13.7. The first kappa shape index (κ1) is 20.0. The topological polar surface area (TPSA) is 41.6 Å². The molecule has 5 heteroatoms. The Morgan fingerprint density at radius 3 is 2.59 bits per heavy atom. The highest BCUT2D eigenvalue weighted by atomic mass is 79.9. The van der Waals surface area contributed by atoms with Gasteiger partial charge in [0.15, 0.2) is 5.78 Å². The molecule has 4 rings (SSSR count). The first-order valence-corrected chi connectivity index (χ1v) is 10.7. The lowest BCUT2D eigenvalue weighted by atomic mass is 9.68. The second-order valence-electron chi connectivity index (χ2n) is 8.90. The number of nitrogens with one attached hydrogen (secondary N) is 1. The number of carbonyl (C=O) groups excluding carboxylic acids is 1. The molecule has 4 nitrogen and oxygen atoms in total. The molecule has 152 valence electrons. The number of carbonyl (C=O) groups is 1. The minimum atomic E-state index is -0.190. The molecule has 2 aromatic carbocycles. The molecule has 0 aromatic heterocycles. The Labute approximate surface area is 181 Å². The van der Waals surface area contributed by atoms with Crippen LogP contribution in [-0.4, -0.2) is 27.0 Å². The molecule has 1 unspecified atom stereocenters. The van der Waals surface area contributed by atoms with E-state index in [2.05, 4.69) is 64.3 Å². The van der Waals surface area contributed by atoms with Crippen molar-refractivity contribution in [3.8, 4) is 5.75 Å². The smallest absolute Gasteiger partial charge is 0.162 e. The number of ketones is 1. The lowest BCUT2D eigenvalue weighted by Gasteiger charge is -2.40. The summed E-state index contributed by atoms with van der Waals surface area (Å²) in [4.78, 5) is 15.4. The van der Waals surface area contributed by atoms with Crippen molar-refractivity contribution in [1.82, 2.24) is 0 Å². The zero-order valence-electron chi connectivity index (χ0n) is 17.6. The van der Waals surface area contributed by atoms with Gasteiger partial charge in [0.25, 0.3) is 0 Å². The number of benzene rings is 2. The maximum absolute atomic E-state index is 13.3. The van der Waals surface area contributed by atoms with Crippen LogP contribution in [0.4, 0.5) is 11.4 Å². The Balaban J connectivity index is 1.91. The van der Waals surface area contributed by atoms with Crippen LogP contribution in [-0.2, 0) is 4.79 Å². The van der Waals surface area contributed by atoms with E-state index in [-0.39, 0.29) is 17.2 Å². The molecule has 0 saturated heterocycles. The molecule has 0 fully saturated rings. The standard InChI is InChI=1S/C24H27BrN2O2/c1-24(2)12-16-15-7-6-8-20(29-5)23(15)26-22(21(16)19(28)13-24)14-9-10-18(27(3)4)17(25)11-14/h6-11,22,26H,12-13H2,1-5H3. The van der Waals surface area contributed by atoms with E-state index in [4.69, 9.17) is 4.74 Å². The third kappa shape index (κ3) is 3.46. The number of ether oxygens (including phenoxy) is 1. The molecule has 0 bridgehead atoms. The van der Waals surface area contributed by atoms with Gasteiger partial charge in [-0.05, 0) is 57.1 Å². The SMILES string of the molecule is COc1cccc2c1NC(c1ccc(N(C)C)c(Br)c1)C1=C2CC(C)(C)CC1=O. The van der Waals surface area contributed by atoms with Crippen LogP contribution >= 0.6 is 15.9 Å². The largest absolute Gasteiger partial charge is 0.495 e. The number of halogens is 1. The lowest BCUT2D eigenvalue weighted by Crippen LogP contribution is -2.33. The van der Waals surface area contributed by atoms with Gasteiger partial charge in [-0.1, -0.05) is 32.0 Å². The fourth-order valence-corrected chi connectivity index (χ4v) is 5.29. The molecule has 0 radical (unpaired) electrons. The van der Waals surface area contributed by atoms with E-state index >= 15 is 0 Å². The van der Waals surface area contributed by atoms with E-state index in [0.717, 1.165) is 50.3 Å².